The topological polar surface area (TPSA) is 101 Å². The Morgan fingerprint density at radius 1 is 1.39 bits per heavy atom. The van der Waals surface area contributed by atoms with Crippen LogP contribution in [0, 0.1) is 0 Å². The Labute approximate surface area is 105 Å². The van der Waals surface area contributed by atoms with Gasteiger partial charge in [-0.1, -0.05) is 6.92 Å². The van der Waals surface area contributed by atoms with Gasteiger partial charge >= 0.3 is 5.97 Å². The van der Waals surface area contributed by atoms with E-state index in [-0.39, 0.29) is 25.3 Å². The summed E-state index contributed by atoms with van der Waals surface area (Å²) >= 11 is 0. The lowest BCUT2D eigenvalue weighted by Crippen LogP contribution is -2.35. The van der Waals surface area contributed by atoms with Gasteiger partial charge in [0, 0.05) is 20.1 Å². The van der Waals surface area contributed by atoms with E-state index in [1.807, 2.05) is 6.92 Å². The highest BCUT2D eigenvalue weighted by molar-refractivity contribution is 5.78. The number of nitrogens with zero attached hydrogens (tertiary/aromatic N) is 5. The summed E-state index contributed by atoms with van der Waals surface area (Å²) in [4.78, 5) is 24.0. The molecule has 0 unspecified atom stereocenters. The van der Waals surface area contributed by atoms with Crippen molar-refractivity contribution in [3.8, 4) is 0 Å². The molecular formula is C10H17N5O3. The van der Waals surface area contributed by atoms with Crippen molar-refractivity contribution in [1.29, 1.82) is 0 Å². The van der Waals surface area contributed by atoms with Crippen molar-refractivity contribution in [2.75, 3.05) is 13.1 Å². The summed E-state index contributed by atoms with van der Waals surface area (Å²) in [6.07, 6.45) is 0.814. The lowest BCUT2D eigenvalue weighted by atomic mass is 10.3. The number of amides is 1. The molecule has 18 heavy (non-hydrogen) atoms. The third kappa shape index (κ3) is 4.11. The Morgan fingerprint density at radius 3 is 2.61 bits per heavy atom. The molecule has 0 atom stereocenters. The van der Waals surface area contributed by atoms with Crippen LogP contribution >= 0.6 is 0 Å². The van der Waals surface area contributed by atoms with Gasteiger partial charge in [-0.15, -0.1) is 5.10 Å². The quantitative estimate of drug-likeness (QED) is 0.702. The van der Waals surface area contributed by atoms with Crippen LogP contribution in [-0.4, -0.2) is 55.2 Å². The van der Waals surface area contributed by atoms with E-state index >= 15 is 0 Å². The predicted molar refractivity (Wildman–Crippen MR) is 61.6 cm³/mol. The Kier molecular flexibility index (Phi) is 5.22. The Balaban J connectivity index is 2.59. The number of hydrogen-bond acceptors (Lipinski definition) is 5. The highest BCUT2D eigenvalue weighted by Gasteiger charge is 2.17. The molecule has 0 radical (unpaired) electrons. The van der Waals surface area contributed by atoms with Crippen LogP contribution < -0.4 is 0 Å². The number of aromatic nitrogens is 4. The molecule has 0 saturated heterocycles. The van der Waals surface area contributed by atoms with E-state index in [9.17, 15) is 9.59 Å². The first-order valence-corrected chi connectivity index (χ1v) is 5.75. The zero-order chi connectivity index (χ0) is 13.5. The average Bonchev–Trinajstić information content (AvgIpc) is 2.70. The van der Waals surface area contributed by atoms with E-state index in [2.05, 4.69) is 15.5 Å². The van der Waals surface area contributed by atoms with E-state index in [0.29, 0.717) is 12.4 Å². The van der Waals surface area contributed by atoms with Crippen molar-refractivity contribution in [2.24, 2.45) is 7.05 Å². The minimum atomic E-state index is -0.913. The molecule has 0 spiro atoms. The van der Waals surface area contributed by atoms with Crippen molar-refractivity contribution >= 4 is 11.9 Å². The molecule has 1 aromatic heterocycles. The summed E-state index contributed by atoms with van der Waals surface area (Å²) in [7, 11) is 1.66. The van der Waals surface area contributed by atoms with Crippen molar-refractivity contribution in [2.45, 2.75) is 26.2 Å². The normalized spacial score (nSPS) is 10.3. The number of aryl methyl sites for hydroxylation is 1. The molecule has 0 aromatic carbocycles. The molecule has 0 aliphatic rings. The monoisotopic (exact) mass is 255 g/mol. The van der Waals surface area contributed by atoms with Gasteiger partial charge in [0.05, 0.1) is 12.8 Å². The molecule has 0 aliphatic carbocycles. The van der Waals surface area contributed by atoms with E-state index in [1.54, 1.807) is 7.05 Å². The number of tetrazole rings is 1. The SMILES string of the molecule is CCCN(CCC(=O)O)C(=O)Cc1nnnn1C. The number of carbonyl (C=O) groups excluding carboxylic acids is 1. The number of carboxylic acids is 1. The lowest BCUT2D eigenvalue weighted by Gasteiger charge is -2.20. The summed E-state index contributed by atoms with van der Waals surface area (Å²) in [6, 6.07) is 0. The molecule has 0 bridgehead atoms. The molecule has 100 valence electrons. The van der Waals surface area contributed by atoms with Crippen LogP contribution in [0.15, 0.2) is 0 Å². The third-order valence-corrected chi connectivity index (χ3v) is 2.46. The first-order chi connectivity index (χ1) is 8.54. The number of carboxylic acid groups (broad SMARTS) is 1. The van der Waals surface area contributed by atoms with Crippen LogP contribution in [0.4, 0.5) is 0 Å². The van der Waals surface area contributed by atoms with Crippen LogP contribution in [0.5, 0.6) is 0 Å². The standard InChI is InChI=1S/C10H17N5O3/c1-3-5-15(6-4-10(17)18)9(16)7-8-11-12-13-14(8)2/h3-7H2,1-2H3,(H,17,18). The molecule has 1 aromatic rings. The van der Waals surface area contributed by atoms with Gasteiger partial charge < -0.3 is 10.0 Å². The summed E-state index contributed by atoms with van der Waals surface area (Å²) in [6.45, 7) is 2.69. The molecule has 1 amide bonds. The maximum atomic E-state index is 12.0. The highest BCUT2D eigenvalue weighted by Crippen LogP contribution is 2.01. The molecule has 0 aliphatic heterocycles. The molecule has 8 heteroatoms. The third-order valence-electron chi connectivity index (χ3n) is 2.46. The molecule has 0 saturated carbocycles. The van der Waals surface area contributed by atoms with Gasteiger partial charge in [0.25, 0.3) is 0 Å². The number of aliphatic carboxylic acids is 1. The molecule has 8 nitrogen and oxygen atoms in total. The second-order valence-corrected chi connectivity index (χ2v) is 3.92. The summed E-state index contributed by atoms with van der Waals surface area (Å²) < 4.78 is 1.43. The maximum Gasteiger partial charge on any atom is 0.305 e. The maximum absolute atomic E-state index is 12.0. The van der Waals surface area contributed by atoms with Gasteiger partial charge in [-0.3, -0.25) is 9.59 Å². The Morgan fingerprint density at radius 2 is 2.11 bits per heavy atom. The van der Waals surface area contributed by atoms with E-state index in [1.165, 1.54) is 9.58 Å². The fourth-order valence-corrected chi connectivity index (χ4v) is 1.51. The van der Waals surface area contributed by atoms with Gasteiger partial charge in [-0.2, -0.15) is 0 Å². The van der Waals surface area contributed by atoms with Crippen LogP contribution in [0.2, 0.25) is 0 Å². The van der Waals surface area contributed by atoms with Gasteiger partial charge in [0.1, 0.15) is 0 Å². The smallest absolute Gasteiger partial charge is 0.305 e. The highest BCUT2D eigenvalue weighted by atomic mass is 16.4. The minimum Gasteiger partial charge on any atom is -0.481 e. The molecule has 1 rings (SSSR count). The molecule has 1 heterocycles. The zero-order valence-electron chi connectivity index (χ0n) is 10.5. The summed E-state index contributed by atoms with van der Waals surface area (Å²) in [5, 5.41) is 19.5. The largest absolute Gasteiger partial charge is 0.481 e. The zero-order valence-corrected chi connectivity index (χ0v) is 10.5. The fraction of sp³-hybridized carbons (Fsp3) is 0.700. The van der Waals surface area contributed by atoms with Crippen molar-refractivity contribution in [3.05, 3.63) is 5.82 Å². The molecular weight excluding hydrogens is 238 g/mol. The van der Waals surface area contributed by atoms with Gasteiger partial charge in [0.15, 0.2) is 5.82 Å². The minimum absolute atomic E-state index is 0.0528. The molecule has 0 fully saturated rings. The van der Waals surface area contributed by atoms with E-state index in [0.717, 1.165) is 6.42 Å². The van der Waals surface area contributed by atoms with Crippen molar-refractivity contribution in [1.82, 2.24) is 25.1 Å². The predicted octanol–water partition coefficient (Wildman–Crippen LogP) is -0.534. The fourth-order valence-electron chi connectivity index (χ4n) is 1.51. The van der Waals surface area contributed by atoms with Gasteiger partial charge in [-0.25, -0.2) is 4.68 Å². The van der Waals surface area contributed by atoms with Crippen LogP contribution in [0.3, 0.4) is 0 Å². The second-order valence-electron chi connectivity index (χ2n) is 3.92. The average molecular weight is 255 g/mol. The first kappa shape index (κ1) is 14.1. The van der Waals surface area contributed by atoms with Gasteiger partial charge in [0.2, 0.25) is 5.91 Å². The summed E-state index contributed by atoms with van der Waals surface area (Å²) in [5.74, 6) is -0.600. The Hall–Kier alpha value is -1.99. The number of carbonyl (C=O) groups is 2. The van der Waals surface area contributed by atoms with Gasteiger partial charge in [-0.05, 0) is 16.8 Å². The van der Waals surface area contributed by atoms with E-state index in [4.69, 9.17) is 5.11 Å². The van der Waals surface area contributed by atoms with Crippen molar-refractivity contribution < 1.29 is 14.7 Å². The van der Waals surface area contributed by atoms with Crippen LogP contribution in [0.1, 0.15) is 25.6 Å². The number of hydrogen-bond donors (Lipinski definition) is 1. The van der Waals surface area contributed by atoms with Crippen molar-refractivity contribution in [3.63, 3.8) is 0 Å². The lowest BCUT2D eigenvalue weighted by molar-refractivity contribution is -0.138. The second kappa shape index (κ2) is 6.67. The first-order valence-electron chi connectivity index (χ1n) is 5.75. The van der Waals surface area contributed by atoms with Crippen LogP contribution in [-0.2, 0) is 23.1 Å². The Bertz CT molecular complexity index is 417. The summed E-state index contributed by atoms with van der Waals surface area (Å²) in [5.41, 5.74) is 0. The van der Waals surface area contributed by atoms with E-state index < -0.39 is 5.97 Å². The number of rotatable bonds is 7. The van der Waals surface area contributed by atoms with Crippen LogP contribution in [0.25, 0.3) is 0 Å². The molecule has 1 N–H and O–H groups in total.